The summed E-state index contributed by atoms with van der Waals surface area (Å²) in [5.41, 5.74) is 1.13. The number of carbonyl (C=O) groups excluding carboxylic acids is 2. The zero-order chi connectivity index (χ0) is 17.7. The maximum absolute atomic E-state index is 12.4. The predicted octanol–water partition coefficient (Wildman–Crippen LogP) is 4.48. The van der Waals surface area contributed by atoms with Gasteiger partial charge in [0, 0.05) is 29.2 Å². The van der Waals surface area contributed by atoms with Crippen LogP contribution in [0.15, 0.2) is 51.8 Å². The summed E-state index contributed by atoms with van der Waals surface area (Å²) in [4.78, 5) is 26.4. The minimum atomic E-state index is -0.245. The van der Waals surface area contributed by atoms with Gasteiger partial charge in [-0.1, -0.05) is 0 Å². The van der Waals surface area contributed by atoms with E-state index in [4.69, 9.17) is 4.74 Å². The molecule has 0 bridgehead atoms. The van der Waals surface area contributed by atoms with E-state index in [0.717, 1.165) is 16.7 Å². The van der Waals surface area contributed by atoms with Crippen molar-refractivity contribution in [2.24, 2.45) is 0 Å². The molecular weight excluding hydrogens is 392 g/mol. The van der Waals surface area contributed by atoms with Crippen LogP contribution in [0.4, 0.5) is 10.5 Å². The topological polar surface area (TPSA) is 58.6 Å². The molecule has 1 N–H and O–H groups in total. The minimum absolute atomic E-state index is 0.0490. The average molecular weight is 409 g/mol. The fourth-order valence-electron chi connectivity index (χ4n) is 1.80. The van der Waals surface area contributed by atoms with Crippen LogP contribution >= 0.6 is 27.7 Å². The fraction of sp³-hybridized carbons (Fsp3) is 0.176. The van der Waals surface area contributed by atoms with E-state index in [2.05, 4.69) is 21.2 Å². The van der Waals surface area contributed by atoms with Crippen LogP contribution in [0, 0.1) is 0 Å². The largest absolute Gasteiger partial charge is 0.497 e. The summed E-state index contributed by atoms with van der Waals surface area (Å²) in [5.74, 6) is 0.364. The molecule has 0 spiro atoms. The summed E-state index contributed by atoms with van der Waals surface area (Å²) in [7, 11) is 4.96. The smallest absolute Gasteiger partial charge is 0.285 e. The summed E-state index contributed by atoms with van der Waals surface area (Å²) in [5, 5.41) is 2.78. The Morgan fingerprint density at radius 2 is 1.79 bits per heavy atom. The molecule has 0 aliphatic rings. The lowest BCUT2D eigenvalue weighted by atomic mass is 10.2. The summed E-state index contributed by atoms with van der Waals surface area (Å²) >= 11 is 4.50. The van der Waals surface area contributed by atoms with Crippen molar-refractivity contribution in [1.82, 2.24) is 4.90 Å². The van der Waals surface area contributed by atoms with Crippen molar-refractivity contribution in [2.45, 2.75) is 4.90 Å². The first kappa shape index (κ1) is 18.4. The Labute approximate surface area is 153 Å². The molecule has 0 saturated heterocycles. The van der Waals surface area contributed by atoms with Gasteiger partial charge in [-0.2, -0.15) is 0 Å². The van der Waals surface area contributed by atoms with Gasteiger partial charge in [-0.05, 0) is 70.2 Å². The molecule has 0 fully saturated rings. The van der Waals surface area contributed by atoms with Crippen molar-refractivity contribution in [1.29, 1.82) is 0 Å². The number of thioether (sulfide) groups is 1. The standard InChI is InChI=1S/C17H17BrN2O3S/c1-20(2)17(22)24-13-7-4-11(5-8-13)19-16(21)14-10-12(23-3)6-9-15(14)18/h4-10H,1-3H3,(H,19,21). The van der Waals surface area contributed by atoms with E-state index in [1.807, 2.05) is 0 Å². The van der Waals surface area contributed by atoms with Crippen molar-refractivity contribution >= 4 is 44.5 Å². The monoisotopic (exact) mass is 408 g/mol. The maximum atomic E-state index is 12.4. The third kappa shape index (κ3) is 4.75. The van der Waals surface area contributed by atoms with Gasteiger partial charge in [0.05, 0.1) is 12.7 Å². The van der Waals surface area contributed by atoms with Crippen molar-refractivity contribution in [3.8, 4) is 5.75 Å². The normalized spacial score (nSPS) is 10.2. The Bertz CT molecular complexity index is 748. The van der Waals surface area contributed by atoms with E-state index in [9.17, 15) is 9.59 Å². The second-order valence-corrected chi connectivity index (χ2v) is 6.97. The molecule has 5 nitrogen and oxygen atoms in total. The molecule has 0 radical (unpaired) electrons. The van der Waals surface area contributed by atoms with Gasteiger partial charge in [0.1, 0.15) is 5.75 Å². The Morgan fingerprint density at radius 1 is 1.12 bits per heavy atom. The van der Waals surface area contributed by atoms with Gasteiger partial charge in [0.25, 0.3) is 11.1 Å². The highest BCUT2D eigenvalue weighted by Gasteiger charge is 2.12. The number of halogens is 1. The van der Waals surface area contributed by atoms with Crippen LogP contribution in [-0.4, -0.2) is 37.3 Å². The summed E-state index contributed by atoms with van der Waals surface area (Å²) in [6, 6.07) is 12.3. The second-order valence-electron chi connectivity index (χ2n) is 5.09. The third-order valence-electron chi connectivity index (χ3n) is 3.10. The van der Waals surface area contributed by atoms with Crippen LogP contribution in [0.1, 0.15) is 10.4 Å². The Morgan fingerprint density at radius 3 is 2.38 bits per heavy atom. The highest BCUT2D eigenvalue weighted by atomic mass is 79.9. The van der Waals surface area contributed by atoms with Crippen LogP contribution in [0.25, 0.3) is 0 Å². The molecule has 126 valence electrons. The Hall–Kier alpha value is -1.99. The molecule has 0 aliphatic carbocycles. The number of nitrogens with zero attached hydrogens (tertiary/aromatic N) is 1. The zero-order valence-electron chi connectivity index (χ0n) is 13.5. The molecule has 24 heavy (non-hydrogen) atoms. The fourth-order valence-corrected chi connectivity index (χ4v) is 2.89. The maximum Gasteiger partial charge on any atom is 0.285 e. The number of carbonyl (C=O) groups is 2. The Kier molecular flexibility index (Phi) is 6.28. The van der Waals surface area contributed by atoms with Crippen molar-refractivity contribution < 1.29 is 14.3 Å². The van der Waals surface area contributed by atoms with Gasteiger partial charge in [-0.15, -0.1) is 0 Å². The molecule has 0 atom stereocenters. The number of hydrogen-bond acceptors (Lipinski definition) is 4. The molecule has 2 aromatic rings. The highest BCUT2D eigenvalue weighted by Crippen LogP contribution is 2.25. The zero-order valence-corrected chi connectivity index (χ0v) is 15.9. The Balaban J connectivity index is 2.08. The number of hydrogen-bond donors (Lipinski definition) is 1. The van der Waals surface area contributed by atoms with E-state index in [1.165, 1.54) is 4.90 Å². The van der Waals surface area contributed by atoms with Crippen LogP contribution in [-0.2, 0) is 0 Å². The highest BCUT2D eigenvalue weighted by molar-refractivity contribution is 9.10. The molecule has 2 aromatic carbocycles. The van der Waals surface area contributed by atoms with Gasteiger partial charge in [-0.25, -0.2) is 0 Å². The summed E-state index contributed by atoms with van der Waals surface area (Å²) in [6.07, 6.45) is 0. The van der Waals surface area contributed by atoms with E-state index >= 15 is 0 Å². The van der Waals surface area contributed by atoms with Crippen molar-refractivity contribution in [2.75, 3.05) is 26.5 Å². The number of amides is 2. The SMILES string of the molecule is COc1ccc(Br)c(C(=O)Nc2ccc(SC(=O)N(C)C)cc2)c1. The molecule has 2 amide bonds. The van der Waals surface area contributed by atoms with Crippen LogP contribution in [0.5, 0.6) is 5.75 Å². The number of ether oxygens (including phenoxy) is 1. The molecule has 0 aliphatic heterocycles. The van der Waals surface area contributed by atoms with Gasteiger partial charge in [-0.3, -0.25) is 9.59 Å². The first-order valence-electron chi connectivity index (χ1n) is 7.05. The number of methoxy groups -OCH3 is 1. The molecule has 7 heteroatoms. The van der Waals surface area contributed by atoms with Crippen LogP contribution in [0.3, 0.4) is 0 Å². The van der Waals surface area contributed by atoms with E-state index in [0.29, 0.717) is 21.5 Å². The molecule has 0 heterocycles. The number of anilines is 1. The van der Waals surface area contributed by atoms with Gasteiger partial charge in [0.15, 0.2) is 0 Å². The van der Waals surface area contributed by atoms with Gasteiger partial charge < -0.3 is 15.0 Å². The van der Waals surface area contributed by atoms with Crippen molar-refractivity contribution in [3.05, 3.63) is 52.5 Å². The summed E-state index contributed by atoms with van der Waals surface area (Å²) in [6.45, 7) is 0. The number of benzene rings is 2. The lowest BCUT2D eigenvalue weighted by molar-refractivity contribution is 0.102. The molecule has 2 rings (SSSR count). The quantitative estimate of drug-likeness (QED) is 0.757. The third-order valence-corrected chi connectivity index (χ3v) is 4.84. The van der Waals surface area contributed by atoms with Gasteiger partial charge in [0.2, 0.25) is 0 Å². The van der Waals surface area contributed by atoms with Crippen molar-refractivity contribution in [3.63, 3.8) is 0 Å². The average Bonchev–Trinajstić information content (AvgIpc) is 2.56. The molecular formula is C17H17BrN2O3S. The predicted molar refractivity (Wildman–Crippen MR) is 100 cm³/mol. The lowest BCUT2D eigenvalue weighted by Gasteiger charge is -2.10. The van der Waals surface area contributed by atoms with E-state index in [1.54, 1.807) is 63.7 Å². The second kappa shape index (κ2) is 8.21. The van der Waals surface area contributed by atoms with Crippen LogP contribution < -0.4 is 10.1 Å². The van der Waals surface area contributed by atoms with Crippen LogP contribution in [0.2, 0.25) is 0 Å². The lowest BCUT2D eigenvalue weighted by Crippen LogP contribution is -2.16. The number of nitrogens with one attached hydrogen (secondary N) is 1. The van der Waals surface area contributed by atoms with E-state index in [-0.39, 0.29) is 11.1 Å². The van der Waals surface area contributed by atoms with E-state index < -0.39 is 0 Å². The first-order valence-corrected chi connectivity index (χ1v) is 8.65. The van der Waals surface area contributed by atoms with Gasteiger partial charge >= 0.3 is 0 Å². The number of rotatable bonds is 4. The first-order chi connectivity index (χ1) is 11.4. The minimum Gasteiger partial charge on any atom is -0.497 e. The molecule has 0 unspecified atom stereocenters. The molecule has 0 saturated carbocycles. The summed E-state index contributed by atoms with van der Waals surface area (Å²) < 4.78 is 5.83. The molecule has 0 aromatic heterocycles.